The lowest BCUT2D eigenvalue weighted by atomic mass is 10.3. The molecule has 0 spiro atoms. The average Bonchev–Trinajstić information content (AvgIpc) is 2.20. The fourth-order valence-corrected chi connectivity index (χ4v) is 1.04. The molecule has 0 aliphatic heterocycles. The van der Waals surface area contributed by atoms with Gasteiger partial charge in [0.05, 0.1) is 6.04 Å². The van der Waals surface area contributed by atoms with E-state index in [4.69, 9.17) is 0 Å². The first kappa shape index (κ1) is 13.2. The molecule has 0 saturated heterocycles. The van der Waals surface area contributed by atoms with E-state index in [2.05, 4.69) is 16.7 Å². The second-order valence-electron chi connectivity index (χ2n) is 3.32. The van der Waals surface area contributed by atoms with Crippen LogP contribution in [-0.4, -0.2) is 25.0 Å². The van der Waals surface area contributed by atoms with E-state index in [1.54, 1.807) is 0 Å². The monoisotopic (exact) mass is 198 g/mol. The molecule has 0 bridgehead atoms. The van der Waals surface area contributed by atoms with Gasteiger partial charge in [-0.3, -0.25) is 4.79 Å². The van der Waals surface area contributed by atoms with E-state index < -0.39 is 0 Å². The molecule has 0 aliphatic rings. The molecular formula is C11H22N2O. The van der Waals surface area contributed by atoms with Crippen molar-refractivity contribution in [3.63, 3.8) is 0 Å². The van der Waals surface area contributed by atoms with Crippen molar-refractivity contribution < 1.29 is 4.79 Å². The molecule has 1 atom stereocenters. The smallest absolute Gasteiger partial charge is 0.236 e. The van der Waals surface area contributed by atoms with Crippen molar-refractivity contribution in [1.82, 2.24) is 10.6 Å². The van der Waals surface area contributed by atoms with Crippen LogP contribution in [0.4, 0.5) is 0 Å². The van der Waals surface area contributed by atoms with Crippen LogP contribution >= 0.6 is 0 Å². The standard InChI is InChI=1S/C11H22N2O/c1-4-6-7-9-12-10(3)11(14)13-8-5-2/h4,6,10,12H,5,7-9H2,1-3H3,(H,13,14)/b6-4+. The quantitative estimate of drug-likeness (QED) is 0.480. The Morgan fingerprint density at radius 1 is 1.43 bits per heavy atom. The molecule has 1 amide bonds. The zero-order valence-electron chi connectivity index (χ0n) is 9.47. The number of rotatable bonds is 7. The first-order chi connectivity index (χ1) is 6.72. The van der Waals surface area contributed by atoms with Crippen molar-refractivity contribution >= 4 is 5.91 Å². The first-order valence-electron chi connectivity index (χ1n) is 5.34. The highest BCUT2D eigenvalue weighted by molar-refractivity contribution is 5.81. The normalized spacial score (nSPS) is 13.1. The van der Waals surface area contributed by atoms with Crippen LogP contribution in [0.25, 0.3) is 0 Å². The summed E-state index contributed by atoms with van der Waals surface area (Å²) in [6.45, 7) is 7.55. The minimum absolute atomic E-state index is 0.0901. The van der Waals surface area contributed by atoms with Crippen molar-refractivity contribution in [2.75, 3.05) is 13.1 Å². The van der Waals surface area contributed by atoms with Gasteiger partial charge in [0.2, 0.25) is 5.91 Å². The summed E-state index contributed by atoms with van der Waals surface area (Å²) in [5.74, 6) is 0.0901. The van der Waals surface area contributed by atoms with Crippen molar-refractivity contribution in [2.24, 2.45) is 0 Å². The van der Waals surface area contributed by atoms with Crippen LogP contribution in [0.3, 0.4) is 0 Å². The molecule has 82 valence electrons. The Morgan fingerprint density at radius 2 is 2.14 bits per heavy atom. The molecule has 0 rings (SSSR count). The van der Waals surface area contributed by atoms with Crippen LogP contribution in [0.15, 0.2) is 12.2 Å². The molecule has 0 radical (unpaired) electrons. The fraction of sp³-hybridized carbons (Fsp3) is 0.727. The Hall–Kier alpha value is -0.830. The van der Waals surface area contributed by atoms with Gasteiger partial charge in [-0.15, -0.1) is 0 Å². The highest BCUT2D eigenvalue weighted by atomic mass is 16.2. The third kappa shape index (κ3) is 6.66. The second kappa shape index (κ2) is 8.75. The highest BCUT2D eigenvalue weighted by Crippen LogP contribution is 1.85. The number of nitrogens with one attached hydrogen (secondary N) is 2. The Morgan fingerprint density at radius 3 is 2.71 bits per heavy atom. The summed E-state index contributed by atoms with van der Waals surface area (Å²) < 4.78 is 0. The van der Waals surface area contributed by atoms with Crippen LogP contribution in [0.2, 0.25) is 0 Å². The summed E-state index contributed by atoms with van der Waals surface area (Å²) in [6, 6.07) is -0.0909. The molecular weight excluding hydrogens is 176 g/mol. The van der Waals surface area contributed by atoms with Crippen LogP contribution < -0.4 is 10.6 Å². The molecule has 0 fully saturated rings. The average molecular weight is 198 g/mol. The maximum absolute atomic E-state index is 11.4. The topological polar surface area (TPSA) is 41.1 Å². The number of carbonyl (C=O) groups is 1. The van der Waals surface area contributed by atoms with Gasteiger partial charge in [0.15, 0.2) is 0 Å². The van der Waals surface area contributed by atoms with Crippen LogP contribution in [-0.2, 0) is 4.79 Å². The van der Waals surface area contributed by atoms with Crippen LogP contribution in [0.5, 0.6) is 0 Å². The summed E-state index contributed by atoms with van der Waals surface area (Å²) in [7, 11) is 0. The van der Waals surface area contributed by atoms with E-state index in [-0.39, 0.29) is 11.9 Å². The lowest BCUT2D eigenvalue weighted by Gasteiger charge is -2.12. The van der Waals surface area contributed by atoms with Gasteiger partial charge < -0.3 is 10.6 Å². The van der Waals surface area contributed by atoms with Gasteiger partial charge >= 0.3 is 0 Å². The van der Waals surface area contributed by atoms with Gasteiger partial charge in [0.1, 0.15) is 0 Å². The Bertz CT molecular complexity index is 178. The third-order valence-electron chi connectivity index (χ3n) is 1.94. The van der Waals surface area contributed by atoms with Crippen molar-refractivity contribution in [2.45, 2.75) is 39.7 Å². The predicted molar refractivity (Wildman–Crippen MR) is 60.2 cm³/mol. The van der Waals surface area contributed by atoms with E-state index in [9.17, 15) is 4.79 Å². The summed E-state index contributed by atoms with van der Waals surface area (Å²) in [5, 5.41) is 6.02. The summed E-state index contributed by atoms with van der Waals surface area (Å²) >= 11 is 0. The van der Waals surface area contributed by atoms with Gasteiger partial charge in [0, 0.05) is 6.54 Å². The van der Waals surface area contributed by atoms with E-state index >= 15 is 0 Å². The zero-order valence-corrected chi connectivity index (χ0v) is 9.47. The summed E-state index contributed by atoms with van der Waals surface area (Å²) in [5.41, 5.74) is 0. The minimum Gasteiger partial charge on any atom is -0.355 e. The molecule has 0 heterocycles. The second-order valence-corrected chi connectivity index (χ2v) is 3.32. The van der Waals surface area contributed by atoms with Crippen LogP contribution in [0.1, 0.15) is 33.6 Å². The Balaban J connectivity index is 3.51. The first-order valence-corrected chi connectivity index (χ1v) is 5.34. The molecule has 3 nitrogen and oxygen atoms in total. The lowest BCUT2D eigenvalue weighted by Crippen LogP contribution is -2.42. The lowest BCUT2D eigenvalue weighted by molar-refractivity contribution is -0.122. The Kier molecular flexibility index (Phi) is 8.24. The van der Waals surface area contributed by atoms with E-state index in [1.165, 1.54) is 0 Å². The molecule has 0 saturated carbocycles. The number of amides is 1. The van der Waals surface area contributed by atoms with E-state index in [0.29, 0.717) is 0 Å². The Labute approximate surface area is 87.0 Å². The molecule has 2 N–H and O–H groups in total. The molecule has 14 heavy (non-hydrogen) atoms. The van der Waals surface area contributed by atoms with Gasteiger partial charge in [-0.25, -0.2) is 0 Å². The number of hydrogen-bond acceptors (Lipinski definition) is 2. The van der Waals surface area contributed by atoms with Crippen LogP contribution in [0, 0.1) is 0 Å². The minimum atomic E-state index is -0.0909. The summed E-state index contributed by atoms with van der Waals surface area (Å²) in [4.78, 5) is 11.4. The fourth-order valence-electron chi connectivity index (χ4n) is 1.04. The molecule has 3 heteroatoms. The molecule has 0 aromatic heterocycles. The van der Waals surface area contributed by atoms with E-state index in [1.807, 2.05) is 26.8 Å². The largest absolute Gasteiger partial charge is 0.355 e. The maximum atomic E-state index is 11.4. The number of hydrogen-bond donors (Lipinski definition) is 2. The number of carbonyl (C=O) groups excluding carboxylic acids is 1. The zero-order chi connectivity index (χ0) is 10.8. The predicted octanol–water partition coefficient (Wildman–Crippen LogP) is 1.46. The maximum Gasteiger partial charge on any atom is 0.236 e. The highest BCUT2D eigenvalue weighted by Gasteiger charge is 2.09. The van der Waals surface area contributed by atoms with Crippen molar-refractivity contribution in [3.05, 3.63) is 12.2 Å². The molecule has 1 unspecified atom stereocenters. The summed E-state index contributed by atoms with van der Waals surface area (Å²) in [6.07, 6.45) is 6.06. The van der Waals surface area contributed by atoms with Crippen molar-refractivity contribution in [3.8, 4) is 0 Å². The molecule has 0 aromatic carbocycles. The number of allylic oxidation sites excluding steroid dienone is 1. The van der Waals surface area contributed by atoms with Gasteiger partial charge in [-0.05, 0) is 33.2 Å². The SMILES string of the molecule is C/C=C/CCNC(C)C(=O)NCCC. The van der Waals surface area contributed by atoms with E-state index in [0.717, 1.165) is 25.9 Å². The van der Waals surface area contributed by atoms with Gasteiger partial charge in [-0.2, -0.15) is 0 Å². The molecule has 0 aliphatic carbocycles. The molecule has 0 aromatic rings. The van der Waals surface area contributed by atoms with Gasteiger partial charge in [0.25, 0.3) is 0 Å². The third-order valence-corrected chi connectivity index (χ3v) is 1.94. The van der Waals surface area contributed by atoms with Crippen molar-refractivity contribution in [1.29, 1.82) is 0 Å². The van der Waals surface area contributed by atoms with Gasteiger partial charge in [-0.1, -0.05) is 19.1 Å².